The summed E-state index contributed by atoms with van der Waals surface area (Å²) in [4.78, 5) is 28.5. The highest BCUT2D eigenvalue weighted by atomic mass is 35.5. The number of anilines is 1. The van der Waals surface area contributed by atoms with Crippen LogP contribution in [0.1, 0.15) is 32.8 Å². The molecule has 0 aromatic heterocycles. The van der Waals surface area contributed by atoms with Gasteiger partial charge in [-0.3, -0.25) is 13.9 Å². The maximum Gasteiger partial charge on any atom is 0.264 e. The van der Waals surface area contributed by atoms with Gasteiger partial charge in [-0.05, 0) is 74.4 Å². The van der Waals surface area contributed by atoms with E-state index < -0.39 is 28.5 Å². The SMILES string of the molecule is CC[C@@H](C(=O)NC(C)C)N(Cc1ccc(Cl)c(Cl)c1)C(=O)CN(c1ccccc1)S(=O)(=O)c1ccc(Cl)cc1. The summed E-state index contributed by atoms with van der Waals surface area (Å²) >= 11 is 18.3. The van der Waals surface area contributed by atoms with Crippen molar-refractivity contribution >= 4 is 62.3 Å². The number of amides is 2. The Morgan fingerprint density at radius 3 is 2.10 bits per heavy atom. The molecule has 3 rings (SSSR count). The number of nitrogens with one attached hydrogen (secondary N) is 1. The van der Waals surface area contributed by atoms with Crippen molar-refractivity contribution in [3.8, 4) is 0 Å². The summed E-state index contributed by atoms with van der Waals surface area (Å²) in [6.07, 6.45) is 0.306. The molecular weight excluding hydrogens is 581 g/mol. The van der Waals surface area contributed by atoms with E-state index in [1.165, 1.54) is 29.2 Å². The minimum absolute atomic E-state index is 0.0172. The van der Waals surface area contributed by atoms with Gasteiger partial charge in [-0.2, -0.15) is 0 Å². The minimum Gasteiger partial charge on any atom is -0.352 e. The van der Waals surface area contributed by atoms with E-state index in [1.807, 2.05) is 13.8 Å². The van der Waals surface area contributed by atoms with Crippen molar-refractivity contribution in [2.24, 2.45) is 0 Å². The van der Waals surface area contributed by atoms with Crippen molar-refractivity contribution in [3.63, 3.8) is 0 Å². The zero-order valence-electron chi connectivity index (χ0n) is 21.8. The molecule has 1 atom stereocenters. The van der Waals surface area contributed by atoms with Gasteiger partial charge in [0.1, 0.15) is 12.6 Å². The average molecular weight is 611 g/mol. The molecule has 3 aromatic rings. The molecule has 0 aliphatic rings. The first kappa shape index (κ1) is 30.8. The second-order valence-electron chi connectivity index (χ2n) is 9.16. The van der Waals surface area contributed by atoms with E-state index in [1.54, 1.807) is 55.5 Å². The summed E-state index contributed by atoms with van der Waals surface area (Å²) in [7, 11) is -4.17. The number of hydrogen-bond acceptors (Lipinski definition) is 4. The predicted octanol–water partition coefficient (Wildman–Crippen LogP) is 6.17. The van der Waals surface area contributed by atoms with Crippen LogP contribution in [-0.4, -0.2) is 43.8 Å². The molecule has 7 nitrogen and oxygen atoms in total. The van der Waals surface area contributed by atoms with Gasteiger partial charge in [0.05, 0.1) is 20.6 Å². The Kier molecular flexibility index (Phi) is 10.7. The zero-order valence-corrected chi connectivity index (χ0v) is 24.9. The largest absolute Gasteiger partial charge is 0.352 e. The van der Waals surface area contributed by atoms with Crippen LogP contribution in [0.4, 0.5) is 5.69 Å². The molecule has 0 spiro atoms. The molecule has 0 fully saturated rings. The molecular formula is C28H30Cl3N3O4S. The standard InChI is InChI=1S/C28H30Cl3N3O4S/c1-4-26(28(36)32-19(2)3)33(17-20-10-15-24(30)25(31)16-20)27(35)18-34(22-8-6-5-7-9-22)39(37,38)23-13-11-21(29)12-14-23/h5-16,19,26H,4,17-18H2,1-3H3,(H,32,36)/t26-/m0/s1. The highest BCUT2D eigenvalue weighted by Gasteiger charge is 2.33. The van der Waals surface area contributed by atoms with Gasteiger partial charge in [-0.1, -0.05) is 66.0 Å². The average Bonchev–Trinajstić information content (AvgIpc) is 2.89. The molecule has 0 bridgehead atoms. The van der Waals surface area contributed by atoms with E-state index in [-0.39, 0.29) is 23.4 Å². The normalized spacial score (nSPS) is 12.2. The quantitative estimate of drug-likeness (QED) is 0.281. The predicted molar refractivity (Wildman–Crippen MR) is 157 cm³/mol. The Hall–Kier alpha value is -2.78. The summed E-state index contributed by atoms with van der Waals surface area (Å²) in [5.74, 6) is -0.902. The first-order chi connectivity index (χ1) is 18.4. The highest BCUT2D eigenvalue weighted by Crippen LogP contribution is 2.27. The van der Waals surface area contributed by atoms with Crippen molar-refractivity contribution in [3.05, 3.63) is 93.4 Å². The summed E-state index contributed by atoms with van der Waals surface area (Å²) in [6, 6.07) is 18.0. The number of rotatable bonds is 11. The van der Waals surface area contributed by atoms with Gasteiger partial charge in [0.15, 0.2) is 0 Å². The van der Waals surface area contributed by atoms with E-state index in [4.69, 9.17) is 34.8 Å². The van der Waals surface area contributed by atoms with Crippen LogP contribution < -0.4 is 9.62 Å². The molecule has 0 heterocycles. The van der Waals surface area contributed by atoms with Gasteiger partial charge in [-0.15, -0.1) is 0 Å². The lowest BCUT2D eigenvalue weighted by atomic mass is 10.1. The van der Waals surface area contributed by atoms with Crippen LogP contribution in [0.5, 0.6) is 0 Å². The van der Waals surface area contributed by atoms with Crippen LogP contribution in [-0.2, 0) is 26.2 Å². The van der Waals surface area contributed by atoms with Gasteiger partial charge < -0.3 is 10.2 Å². The number of benzene rings is 3. The third-order valence-electron chi connectivity index (χ3n) is 5.88. The monoisotopic (exact) mass is 609 g/mol. The molecule has 0 aliphatic carbocycles. The molecule has 2 amide bonds. The van der Waals surface area contributed by atoms with Crippen molar-refractivity contribution < 1.29 is 18.0 Å². The number of sulfonamides is 1. The van der Waals surface area contributed by atoms with Crippen LogP contribution in [0.25, 0.3) is 0 Å². The number of hydrogen-bond donors (Lipinski definition) is 1. The van der Waals surface area contributed by atoms with Crippen LogP contribution >= 0.6 is 34.8 Å². The first-order valence-corrected chi connectivity index (χ1v) is 14.9. The third-order valence-corrected chi connectivity index (χ3v) is 8.66. The molecule has 39 heavy (non-hydrogen) atoms. The molecule has 208 valence electrons. The Morgan fingerprint density at radius 2 is 1.54 bits per heavy atom. The summed E-state index contributed by atoms with van der Waals surface area (Å²) in [5.41, 5.74) is 0.940. The molecule has 0 aliphatic heterocycles. The lowest BCUT2D eigenvalue weighted by Gasteiger charge is -2.33. The molecule has 1 N–H and O–H groups in total. The lowest BCUT2D eigenvalue weighted by Crippen LogP contribution is -2.53. The fourth-order valence-electron chi connectivity index (χ4n) is 3.99. The van der Waals surface area contributed by atoms with Gasteiger partial charge in [0, 0.05) is 17.6 Å². The second-order valence-corrected chi connectivity index (χ2v) is 12.3. The van der Waals surface area contributed by atoms with E-state index in [0.717, 1.165) is 4.31 Å². The minimum atomic E-state index is -4.17. The van der Waals surface area contributed by atoms with Crippen molar-refractivity contribution in [2.75, 3.05) is 10.8 Å². The molecule has 0 saturated heterocycles. The molecule has 0 saturated carbocycles. The maximum atomic E-state index is 14.0. The molecule has 0 unspecified atom stereocenters. The maximum absolute atomic E-state index is 14.0. The van der Waals surface area contributed by atoms with Crippen LogP contribution in [0, 0.1) is 0 Å². The fourth-order valence-corrected chi connectivity index (χ4v) is 5.85. The Bertz CT molecular complexity index is 1400. The first-order valence-electron chi connectivity index (χ1n) is 12.3. The smallest absolute Gasteiger partial charge is 0.264 e. The van der Waals surface area contributed by atoms with E-state index in [9.17, 15) is 18.0 Å². The Morgan fingerprint density at radius 1 is 0.897 bits per heavy atom. The van der Waals surface area contributed by atoms with E-state index in [0.29, 0.717) is 32.7 Å². The lowest BCUT2D eigenvalue weighted by molar-refractivity contribution is -0.140. The number of carbonyl (C=O) groups excluding carboxylic acids is 2. The van der Waals surface area contributed by atoms with Crippen LogP contribution in [0.2, 0.25) is 15.1 Å². The molecule has 0 radical (unpaired) electrons. The topological polar surface area (TPSA) is 86.8 Å². The van der Waals surface area contributed by atoms with Crippen LogP contribution in [0.3, 0.4) is 0 Å². The zero-order chi connectivity index (χ0) is 28.7. The molecule has 11 heteroatoms. The number of halogens is 3. The second kappa shape index (κ2) is 13.5. The molecule has 3 aromatic carbocycles. The van der Waals surface area contributed by atoms with E-state index >= 15 is 0 Å². The van der Waals surface area contributed by atoms with E-state index in [2.05, 4.69) is 5.32 Å². The highest BCUT2D eigenvalue weighted by molar-refractivity contribution is 7.92. The van der Waals surface area contributed by atoms with Crippen molar-refractivity contribution in [2.45, 2.75) is 50.7 Å². The number of carbonyl (C=O) groups is 2. The number of para-hydroxylation sites is 1. The number of nitrogens with zero attached hydrogens (tertiary/aromatic N) is 2. The fraction of sp³-hybridized carbons (Fsp3) is 0.286. The van der Waals surface area contributed by atoms with Crippen molar-refractivity contribution in [1.82, 2.24) is 10.2 Å². The van der Waals surface area contributed by atoms with Gasteiger partial charge in [-0.25, -0.2) is 8.42 Å². The van der Waals surface area contributed by atoms with Gasteiger partial charge in [0.25, 0.3) is 10.0 Å². The third kappa shape index (κ3) is 7.88. The summed E-state index contributed by atoms with van der Waals surface area (Å²) < 4.78 is 28.6. The Balaban J connectivity index is 2.05. The van der Waals surface area contributed by atoms with Crippen LogP contribution in [0.15, 0.2) is 77.7 Å². The Labute approximate surface area is 244 Å². The van der Waals surface area contributed by atoms with Gasteiger partial charge in [0.2, 0.25) is 11.8 Å². The summed E-state index contributed by atoms with van der Waals surface area (Å²) in [5, 5.41) is 3.90. The van der Waals surface area contributed by atoms with Crippen molar-refractivity contribution in [1.29, 1.82) is 0 Å². The summed E-state index contributed by atoms with van der Waals surface area (Å²) in [6.45, 7) is 4.92. The van der Waals surface area contributed by atoms with Gasteiger partial charge >= 0.3 is 0 Å².